The van der Waals surface area contributed by atoms with Crippen LogP contribution < -0.4 is 5.32 Å². The number of nitrogens with one attached hydrogen (secondary N) is 1. The van der Waals surface area contributed by atoms with E-state index in [9.17, 15) is 0 Å². The Hall–Kier alpha value is -0.810. The third-order valence-electron chi connectivity index (χ3n) is 2.15. The molecule has 0 aliphatic carbocycles. The standard InChI is InChI=1S/C9H19N3O2/c1-12(4-5-13-2)9-10-6-8(11-9)7-14-3/h8H,4-7H2,1-3H3,(H,10,11). The predicted octanol–water partition coefficient (Wildman–Crippen LogP) is -0.461. The SMILES string of the molecule is COCCN(C)C1=NCC(COC)N1. The molecule has 0 spiro atoms. The Morgan fingerprint density at radius 1 is 1.50 bits per heavy atom. The van der Waals surface area contributed by atoms with Gasteiger partial charge in [-0.15, -0.1) is 0 Å². The van der Waals surface area contributed by atoms with Gasteiger partial charge in [0.1, 0.15) is 0 Å². The smallest absolute Gasteiger partial charge is 0.194 e. The van der Waals surface area contributed by atoms with Gasteiger partial charge in [0, 0.05) is 27.8 Å². The molecule has 0 saturated carbocycles. The van der Waals surface area contributed by atoms with Crippen molar-refractivity contribution in [2.75, 3.05) is 47.6 Å². The molecule has 1 rings (SSSR count). The Morgan fingerprint density at radius 3 is 2.93 bits per heavy atom. The summed E-state index contributed by atoms with van der Waals surface area (Å²) < 4.78 is 10.1. The lowest BCUT2D eigenvalue weighted by Crippen LogP contribution is -2.42. The second kappa shape index (κ2) is 5.82. The molecule has 5 nitrogen and oxygen atoms in total. The molecule has 0 fully saturated rings. The van der Waals surface area contributed by atoms with Crippen molar-refractivity contribution in [2.45, 2.75) is 6.04 Å². The number of hydrogen-bond donors (Lipinski definition) is 1. The minimum Gasteiger partial charge on any atom is -0.383 e. The van der Waals surface area contributed by atoms with Crippen LogP contribution >= 0.6 is 0 Å². The Kier molecular flexibility index (Phi) is 4.69. The maximum absolute atomic E-state index is 5.06. The monoisotopic (exact) mass is 201 g/mol. The van der Waals surface area contributed by atoms with Gasteiger partial charge in [-0.3, -0.25) is 4.99 Å². The first-order valence-electron chi connectivity index (χ1n) is 4.78. The highest BCUT2D eigenvalue weighted by atomic mass is 16.5. The maximum Gasteiger partial charge on any atom is 0.194 e. The fraction of sp³-hybridized carbons (Fsp3) is 0.889. The quantitative estimate of drug-likeness (QED) is 0.654. The Balaban J connectivity index is 2.25. The van der Waals surface area contributed by atoms with E-state index in [1.807, 2.05) is 7.05 Å². The number of likely N-dealkylation sites (N-methyl/N-ethyl adjacent to an activating group) is 1. The zero-order chi connectivity index (χ0) is 10.4. The van der Waals surface area contributed by atoms with Crippen LogP contribution in [-0.4, -0.2) is 64.5 Å². The van der Waals surface area contributed by atoms with Crippen LogP contribution in [0.1, 0.15) is 0 Å². The van der Waals surface area contributed by atoms with E-state index in [-0.39, 0.29) is 0 Å². The first kappa shape index (κ1) is 11.3. The van der Waals surface area contributed by atoms with E-state index in [1.165, 1.54) is 0 Å². The Labute approximate surface area is 85.1 Å². The molecule has 1 unspecified atom stereocenters. The van der Waals surface area contributed by atoms with Crippen molar-refractivity contribution in [3.63, 3.8) is 0 Å². The van der Waals surface area contributed by atoms with Gasteiger partial charge < -0.3 is 19.7 Å². The van der Waals surface area contributed by atoms with Gasteiger partial charge in [-0.25, -0.2) is 0 Å². The van der Waals surface area contributed by atoms with E-state index in [2.05, 4.69) is 15.2 Å². The molecule has 1 heterocycles. The van der Waals surface area contributed by atoms with Gasteiger partial charge in [0.25, 0.3) is 0 Å². The molecule has 0 aromatic rings. The topological polar surface area (TPSA) is 46.1 Å². The molecule has 0 aromatic heterocycles. The van der Waals surface area contributed by atoms with Crippen LogP contribution in [0.15, 0.2) is 4.99 Å². The average molecular weight is 201 g/mol. The summed E-state index contributed by atoms with van der Waals surface area (Å²) in [4.78, 5) is 6.44. The molecule has 1 aliphatic heterocycles. The molecule has 0 radical (unpaired) electrons. The normalized spacial score (nSPS) is 20.5. The molecular formula is C9H19N3O2. The van der Waals surface area contributed by atoms with Gasteiger partial charge in [-0.05, 0) is 0 Å². The van der Waals surface area contributed by atoms with Crippen LogP contribution in [0.5, 0.6) is 0 Å². The average Bonchev–Trinajstić information content (AvgIpc) is 2.63. The highest BCUT2D eigenvalue weighted by molar-refractivity contribution is 5.81. The first-order chi connectivity index (χ1) is 6.77. The maximum atomic E-state index is 5.06. The van der Waals surface area contributed by atoms with E-state index in [4.69, 9.17) is 9.47 Å². The summed E-state index contributed by atoms with van der Waals surface area (Å²) in [6.45, 7) is 3.06. The third kappa shape index (κ3) is 3.16. The summed E-state index contributed by atoms with van der Waals surface area (Å²) in [7, 11) is 5.40. The second-order valence-corrected chi connectivity index (χ2v) is 3.38. The molecule has 1 N–H and O–H groups in total. The predicted molar refractivity (Wildman–Crippen MR) is 55.6 cm³/mol. The molecule has 82 valence electrons. The summed E-state index contributed by atoms with van der Waals surface area (Å²) in [5, 5.41) is 3.30. The minimum atomic E-state index is 0.319. The Morgan fingerprint density at radius 2 is 2.29 bits per heavy atom. The number of ether oxygens (including phenoxy) is 2. The molecule has 0 aromatic carbocycles. The van der Waals surface area contributed by atoms with Crippen molar-refractivity contribution in [3.8, 4) is 0 Å². The van der Waals surface area contributed by atoms with Crippen molar-refractivity contribution in [1.29, 1.82) is 0 Å². The van der Waals surface area contributed by atoms with Crippen LogP contribution in [-0.2, 0) is 9.47 Å². The fourth-order valence-corrected chi connectivity index (χ4v) is 1.33. The lowest BCUT2D eigenvalue weighted by atomic mass is 10.3. The van der Waals surface area contributed by atoms with Gasteiger partial charge >= 0.3 is 0 Å². The number of rotatable bonds is 5. The van der Waals surface area contributed by atoms with E-state index in [1.54, 1.807) is 14.2 Å². The van der Waals surface area contributed by atoms with E-state index < -0.39 is 0 Å². The van der Waals surface area contributed by atoms with Crippen molar-refractivity contribution in [2.24, 2.45) is 4.99 Å². The summed E-state index contributed by atoms with van der Waals surface area (Å²) in [5.74, 6) is 0.934. The number of nitrogens with zero attached hydrogens (tertiary/aromatic N) is 2. The summed E-state index contributed by atoms with van der Waals surface area (Å²) in [6.07, 6.45) is 0. The largest absolute Gasteiger partial charge is 0.383 e. The molecular weight excluding hydrogens is 182 g/mol. The highest BCUT2D eigenvalue weighted by Crippen LogP contribution is 1.99. The molecule has 1 atom stereocenters. The van der Waals surface area contributed by atoms with E-state index in [0.717, 1.165) is 19.0 Å². The lowest BCUT2D eigenvalue weighted by Gasteiger charge is -2.20. The van der Waals surface area contributed by atoms with Crippen molar-refractivity contribution < 1.29 is 9.47 Å². The zero-order valence-corrected chi connectivity index (χ0v) is 9.12. The van der Waals surface area contributed by atoms with Crippen LogP contribution in [0.2, 0.25) is 0 Å². The number of aliphatic imine (C=N–C) groups is 1. The third-order valence-corrected chi connectivity index (χ3v) is 2.15. The van der Waals surface area contributed by atoms with E-state index >= 15 is 0 Å². The molecule has 14 heavy (non-hydrogen) atoms. The van der Waals surface area contributed by atoms with E-state index in [0.29, 0.717) is 19.3 Å². The lowest BCUT2D eigenvalue weighted by molar-refractivity contribution is 0.174. The molecule has 1 aliphatic rings. The zero-order valence-electron chi connectivity index (χ0n) is 9.12. The van der Waals surface area contributed by atoms with Crippen LogP contribution in [0.25, 0.3) is 0 Å². The summed E-state index contributed by atoms with van der Waals surface area (Å²) in [6, 6.07) is 0.319. The second-order valence-electron chi connectivity index (χ2n) is 3.38. The van der Waals surface area contributed by atoms with Crippen LogP contribution in [0.4, 0.5) is 0 Å². The highest BCUT2D eigenvalue weighted by Gasteiger charge is 2.19. The van der Waals surface area contributed by atoms with Gasteiger partial charge in [0.05, 0.1) is 25.8 Å². The molecule has 0 saturated heterocycles. The first-order valence-corrected chi connectivity index (χ1v) is 4.78. The molecule has 0 bridgehead atoms. The van der Waals surface area contributed by atoms with Crippen molar-refractivity contribution >= 4 is 5.96 Å². The molecule has 0 amide bonds. The van der Waals surface area contributed by atoms with Gasteiger partial charge in [-0.1, -0.05) is 0 Å². The van der Waals surface area contributed by atoms with Crippen molar-refractivity contribution in [1.82, 2.24) is 10.2 Å². The number of hydrogen-bond acceptors (Lipinski definition) is 5. The Bertz CT molecular complexity index is 196. The van der Waals surface area contributed by atoms with Gasteiger partial charge in [-0.2, -0.15) is 0 Å². The fourth-order valence-electron chi connectivity index (χ4n) is 1.33. The number of guanidine groups is 1. The van der Waals surface area contributed by atoms with Gasteiger partial charge in [0.15, 0.2) is 5.96 Å². The van der Waals surface area contributed by atoms with Gasteiger partial charge in [0.2, 0.25) is 0 Å². The number of methoxy groups -OCH3 is 2. The van der Waals surface area contributed by atoms with Crippen molar-refractivity contribution in [3.05, 3.63) is 0 Å². The summed E-state index contributed by atoms with van der Waals surface area (Å²) in [5.41, 5.74) is 0. The minimum absolute atomic E-state index is 0.319. The van der Waals surface area contributed by atoms with Crippen LogP contribution in [0.3, 0.4) is 0 Å². The summed E-state index contributed by atoms with van der Waals surface area (Å²) >= 11 is 0. The van der Waals surface area contributed by atoms with Crippen LogP contribution in [0, 0.1) is 0 Å². The molecule has 5 heteroatoms.